The Labute approximate surface area is 121 Å². The Kier molecular flexibility index (Phi) is 4.28. The van der Waals surface area contributed by atoms with Crippen LogP contribution in [-0.2, 0) is 11.2 Å². The molecule has 0 aliphatic rings. The lowest BCUT2D eigenvalue weighted by Crippen LogP contribution is -2.11. The minimum absolute atomic E-state index is 0.134. The maximum Gasteiger partial charge on any atom is 0.309 e. The number of halogens is 1. The largest absolute Gasteiger partial charge is 0.481 e. The summed E-state index contributed by atoms with van der Waals surface area (Å²) in [5.74, 6) is -1.17. The molecule has 2 rings (SSSR count). The van der Waals surface area contributed by atoms with Crippen LogP contribution >= 0.6 is 27.3 Å². The molecule has 0 saturated heterocycles. The van der Waals surface area contributed by atoms with Gasteiger partial charge in [0.2, 0.25) is 0 Å². The van der Waals surface area contributed by atoms with E-state index in [0.29, 0.717) is 16.3 Å². The van der Waals surface area contributed by atoms with Gasteiger partial charge in [-0.15, -0.1) is 11.3 Å². The Morgan fingerprint density at radius 2 is 2.16 bits per heavy atom. The van der Waals surface area contributed by atoms with Gasteiger partial charge in [-0.3, -0.25) is 14.6 Å². The van der Waals surface area contributed by atoms with E-state index in [9.17, 15) is 9.59 Å². The number of carbonyl (C=O) groups is 2. The van der Waals surface area contributed by atoms with Crippen molar-refractivity contribution in [2.45, 2.75) is 6.42 Å². The molecular formula is C12H9BrN2O3S. The van der Waals surface area contributed by atoms with Gasteiger partial charge < -0.3 is 10.4 Å². The first kappa shape index (κ1) is 13.7. The van der Waals surface area contributed by atoms with Gasteiger partial charge in [-0.05, 0) is 39.5 Å². The van der Waals surface area contributed by atoms with Crippen LogP contribution in [0.25, 0.3) is 0 Å². The van der Waals surface area contributed by atoms with E-state index in [1.807, 2.05) is 5.38 Å². The number of hydrogen-bond donors (Lipinski definition) is 2. The molecule has 0 unspecified atom stereocenters. The zero-order valence-corrected chi connectivity index (χ0v) is 12.0. The van der Waals surface area contributed by atoms with Crippen LogP contribution in [0.4, 0.5) is 5.69 Å². The number of hydrogen-bond acceptors (Lipinski definition) is 4. The van der Waals surface area contributed by atoms with E-state index >= 15 is 0 Å². The molecule has 0 aliphatic heterocycles. The number of rotatable bonds is 4. The van der Waals surface area contributed by atoms with Crippen LogP contribution in [0.5, 0.6) is 0 Å². The average molecular weight is 341 g/mol. The fourth-order valence-corrected chi connectivity index (χ4v) is 2.85. The van der Waals surface area contributed by atoms with Crippen molar-refractivity contribution in [3.05, 3.63) is 44.8 Å². The number of carboxylic acids is 1. The molecule has 5 nitrogen and oxygen atoms in total. The number of nitrogens with one attached hydrogen (secondary N) is 1. The van der Waals surface area contributed by atoms with Crippen LogP contribution in [-0.4, -0.2) is 22.0 Å². The van der Waals surface area contributed by atoms with Crippen LogP contribution in [0.3, 0.4) is 0 Å². The second kappa shape index (κ2) is 5.94. The molecule has 19 heavy (non-hydrogen) atoms. The van der Waals surface area contributed by atoms with Gasteiger partial charge in [0.05, 0.1) is 24.0 Å². The molecule has 0 aliphatic carbocycles. The summed E-state index contributed by atoms with van der Waals surface area (Å²) < 4.78 is 0.741. The molecule has 1 amide bonds. The van der Waals surface area contributed by atoms with Gasteiger partial charge in [-0.1, -0.05) is 0 Å². The van der Waals surface area contributed by atoms with E-state index in [-0.39, 0.29) is 12.3 Å². The Hall–Kier alpha value is -1.73. The number of carbonyl (C=O) groups excluding carboxylic acids is 1. The summed E-state index contributed by atoms with van der Waals surface area (Å²) in [5, 5.41) is 13.1. The van der Waals surface area contributed by atoms with E-state index < -0.39 is 5.97 Å². The fourth-order valence-electron chi connectivity index (χ4n) is 1.40. The third-order valence-corrected chi connectivity index (χ3v) is 4.07. The summed E-state index contributed by atoms with van der Waals surface area (Å²) >= 11 is 4.62. The molecule has 0 fully saturated rings. The lowest BCUT2D eigenvalue weighted by atomic mass is 10.2. The molecule has 0 bridgehead atoms. The number of thiophene rings is 1. The quantitative estimate of drug-likeness (QED) is 0.896. The Morgan fingerprint density at radius 3 is 2.68 bits per heavy atom. The minimum Gasteiger partial charge on any atom is -0.481 e. The maximum atomic E-state index is 11.9. The molecule has 98 valence electrons. The van der Waals surface area contributed by atoms with E-state index in [4.69, 9.17) is 5.11 Å². The molecule has 2 heterocycles. The number of amides is 1. The standard InChI is InChI=1S/C12H9BrN2O3S/c13-9-3-4-19-11(9)12(18)15-8-2-1-7(14-6-8)5-10(16)17/h1-4,6H,5H2,(H,15,18)(H,16,17). The molecule has 2 aromatic heterocycles. The number of aliphatic carboxylic acids is 1. The SMILES string of the molecule is O=C(O)Cc1ccc(NC(=O)c2sccc2Br)cn1. The smallest absolute Gasteiger partial charge is 0.309 e. The lowest BCUT2D eigenvalue weighted by Gasteiger charge is -2.04. The van der Waals surface area contributed by atoms with Gasteiger partial charge in [0.1, 0.15) is 4.88 Å². The van der Waals surface area contributed by atoms with Crippen molar-refractivity contribution in [2.75, 3.05) is 5.32 Å². The normalized spacial score (nSPS) is 10.2. The highest BCUT2D eigenvalue weighted by Crippen LogP contribution is 2.23. The van der Waals surface area contributed by atoms with E-state index in [1.54, 1.807) is 18.2 Å². The van der Waals surface area contributed by atoms with Crippen molar-refractivity contribution in [1.82, 2.24) is 4.98 Å². The molecule has 0 saturated carbocycles. The number of aromatic nitrogens is 1. The van der Waals surface area contributed by atoms with Gasteiger partial charge in [0.25, 0.3) is 5.91 Å². The lowest BCUT2D eigenvalue weighted by molar-refractivity contribution is -0.136. The van der Waals surface area contributed by atoms with Crippen molar-refractivity contribution < 1.29 is 14.7 Å². The summed E-state index contributed by atoms with van der Waals surface area (Å²) in [6.07, 6.45) is 1.31. The number of anilines is 1. The third kappa shape index (κ3) is 3.62. The minimum atomic E-state index is -0.938. The molecule has 0 spiro atoms. The zero-order valence-electron chi connectivity index (χ0n) is 9.59. The molecule has 7 heteroatoms. The first-order valence-corrected chi connectivity index (χ1v) is 6.94. The number of nitrogens with zero attached hydrogens (tertiary/aromatic N) is 1. The Bertz CT molecular complexity index is 610. The van der Waals surface area contributed by atoms with E-state index in [1.165, 1.54) is 17.5 Å². The van der Waals surface area contributed by atoms with E-state index in [0.717, 1.165) is 4.47 Å². The van der Waals surface area contributed by atoms with E-state index in [2.05, 4.69) is 26.2 Å². The molecule has 2 aromatic rings. The van der Waals surface area contributed by atoms with Crippen LogP contribution < -0.4 is 5.32 Å². The summed E-state index contributed by atoms with van der Waals surface area (Å²) in [5.41, 5.74) is 0.974. The molecular weight excluding hydrogens is 332 g/mol. The van der Waals surface area contributed by atoms with Crippen molar-refractivity contribution >= 4 is 44.8 Å². The first-order chi connectivity index (χ1) is 9.06. The molecule has 0 radical (unpaired) electrons. The van der Waals surface area contributed by atoms with Crippen molar-refractivity contribution in [1.29, 1.82) is 0 Å². The summed E-state index contributed by atoms with van der Waals surface area (Å²) in [6.45, 7) is 0. The monoisotopic (exact) mass is 340 g/mol. The van der Waals surface area contributed by atoms with Crippen LogP contribution in [0.15, 0.2) is 34.2 Å². The zero-order chi connectivity index (χ0) is 13.8. The Balaban J connectivity index is 2.06. The maximum absolute atomic E-state index is 11.9. The van der Waals surface area contributed by atoms with Crippen molar-refractivity contribution in [3.8, 4) is 0 Å². The van der Waals surface area contributed by atoms with Gasteiger partial charge in [-0.2, -0.15) is 0 Å². The second-order valence-corrected chi connectivity index (χ2v) is 5.43. The fraction of sp³-hybridized carbons (Fsp3) is 0.0833. The molecule has 0 atom stereocenters. The Morgan fingerprint density at radius 1 is 1.37 bits per heavy atom. The summed E-state index contributed by atoms with van der Waals surface area (Å²) in [7, 11) is 0. The second-order valence-electron chi connectivity index (χ2n) is 3.66. The van der Waals surface area contributed by atoms with Gasteiger partial charge in [0, 0.05) is 4.47 Å². The summed E-state index contributed by atoms with van der Waals surface area (Å²) in [6, 6.07) is 5.01. The highest BCUT2D eigenvalue weighted by atomic mass is 79.9. The van der Waals surface area contributed by atoms with Crippen LogP contribution in [0.2, 0.25) is 0 Å². The average Bonchev–Trinajstić information content (AvgIpc) is 2.77. The predicted molar refractivity (Wildman–Crippen MR) is 75.5 cm³/mol. The predicted octanol–water partition coefficient (Wildman–Crippen LogP) is 2.79. The van der Waals surface area contributed by atoms with Gasteiger partial charge in [0.15, 0.2) is 0 Å². The van der Waals surface area contributed by atoms with Crippen molar-refractivity contribution in [3.63, 3.8) is 0 Å². The van der Waals surface area contributed by atoms with Gasteiger partial charge >= 0.3 is 5.97 Å². The molecule has 0 aromatic carbocycles. The number of pyridine rings is 1. The summed E-state index contributed by atoms with van der Waals surface area (Å²) in [4.78, 5) is 27.0. The van der Waals surface area contributed by atoms with Gasteiger partial charge in [-0.25, -0.2) is 0 Å². The highest BCUT2D eigenvalue weighted by Gasteiger charge is 2.11. The topological polar surface area (TPSA) is 79.3 Å². The van der Waals surface area contributed by atoms with Crippen LogP contribution in [0, 0.1) is 0 Å². The number of carboxylic acid groups (broad SMARTS) is 1. The highest BCUT2D eigenvalue weighted by molar-refractivity contribution is 9.10. The van der Waals surface area contributed by atoms with Crippen LogP contribution in [0.1, 0.15) is 15.4 Å². The first-order valence-electron chi connectivity index (χ1n) is 5.27. The molecule has 2 N–H and O–H groups in total. The van der Waals surface area contributed by atoms with Crippen molar-refractivity contribution in [2.24, 2.45) is 0 Å². The third-order valence-electron chi connectivity index (χ3n) is 2.24.